The summed E-state index contributed by atoms with van der Waals surface area (Å²) in [5.74, 6) is -0.0480. The summed E-state index contributed by atoms with van der Waals surface area (Å²) >= 11 is 1.64. The molecule has 5 nitrogen and oxygen atoms in total. The highest BCUT2D eigenvalue weighted by molar-refractivity contribution is 7.17. The maximum Gasteiger partial charge on any atom is 0.194 e. The summed E-state index contributed by atoms with van der Waals surface area (Å²) in [5.41, 5.74) is 2.47. The molecular formula is C16H18N4OS. The SMILES string of the molecule is Cc1cn2c(C=CC(=O)c3cnn(C(C)C)c3)c(C)nc2s1. The van der Waals surface area contributed by atoms with Gasteiger partial charge in [0, 0.05) is 23.3 Å². The maximum atomic E-state index is 12.3. The van der Waals surface area contributed by atoms with Crippen molar-refractivity contribution in [3.8, 4) is 0 Å². The molecule has 3 aromatic rings. The van der Waals surface area contributed by atoms with Gasteiger partial charge in [-0.1, -0.05) is 0 Å². The highest BCUT2D eigenvalue weighted by Crippen LogP contribution is 2.21. The highest BCUT2D eigenvalue weighted by Gasteiger charge is 2.10. The Morgan fingerprint density at radius 2 is 2.09 bits per heavy atom. The number of rotatable bonds is 4. The van der Waals surface area contributed by atoms with E-state index in [0.29, 0.717) is 5.56 Å². The van der Waals surface area contributed by atoms with Crippen molar-refractivity contribution >= 4 is 28.2 Å². The standard InChI is InChI=1S/C16H18N4OS/c1-10(2)20-9-13(7-17-20)15(21)6-5-14-12(4)18-16-19(14)8-11(3)22-16/h5-10H,1-4H3. The largest absolute Gasteiger partial charge is 0.290 e. The fraction of sp³-hybridized carbons (Fsp3) is 0.312. The molecule has 0 spiro atoms. The van der Waals surface area contributed by atoms with Crippen LogP contribution in [-0.4, -0.2) is 24.9 Å². The summed E-state index contributed by atoms with van der Waals surface area (Å²) in [5, 5.41) is 4.20. The van der Waals surface area contributed by atoms with Crippen LogP contribution in [0.3, 0.4) is 0 Å². The number of nitrogens with zero attached hydrogens (tertiary/aromatic N) is 4. The van der Waals surface area contributed by atoms with Crippen LogP contribution in [0.15, 0.2) is 24.7 Å². The number of imidazole rings is 1. The van der Waals surface area contributed by atoms with E-state index in [-0.39, 0.29) is 11.8 Å². The Morgan fingerprint density at radius 1 is 1.32 bits per heavy atom. The molecule has 6 heteroatoms. The molecule has 22 heavy (non-hydrogen) atoms. The molecular weight excluding hydrogens is 296 g/mol. The summed E-state index contributed by atoms with van der Waals surface area (Å²) in [7, 11) is 0. The first-order valence-electron chi connectivity index (χ1n) is 7.17. The Labute approximate surface area is 132 Å². The van der Waals surface area contributed by atoms with Crippen molar-refractivity contribution in [3.63, 3.8) is 0 Å². The van der Waals surface area contributed by atoms with Crippen LogP contribution in [-0.2, 0) is 0 Å². The van der Waals surface area contributed by atoms with Crippen molar-refractivity contribution in [2.24, 2.45) is 0 Å². The first-order chi connectivity index (χ1) is 10.5. The smallest absolute Gasteiger partial charge is 0.194 e. The van der Waals surface area contributed by atoms with Crippen molar-refractivity contribution in [3.05, 3.63) is 46.5 Å². The summed E-state index contributed by atoms with van der Waals surface area (Å²) in [4.78, 5) is 18.9. The lowest BCUT2D eigenvalue weighted by atomic mass is 10.2. The van der Waals surface area contributed by atoms with Gasteiger partial charge in [-0.15, -0.1) is 11.3 Å². The number of fused-ring (bicyclic) bond motifs is 1. The predicted molar refractivity (Wildman–Crippen MR) is 88.5 cm³/mol. The van der Waals surface area contributed by atoms with E-state index in [1.807, 2.05) is 44.4 Å². The monoisotopic (exact) mass is 314 g/mol. The second kappa shape index (κ2) is 5.53. The van der Waals surface area contributed by atoms with E-state index >= 15 is 0 Å². The Bertz CT molecular complexity index is 866. The summed E-state index contributed by atoms with van der Waals surface area (Å²) in [6.07, 6.45) is 8.85. The molecule has 114 valence electrons. The number of aryl methyl sites for hydroxylation is 2. The number of hydrogen-bond acceptors (Lipinski definition) is 4. The molecule has 0 aliphatic rings. The molecule has 0 saturated carbocycles. The van der Waals surface area contributed by atoms with Crippen molar-refractivity contribution in [2.45, 2.75) is 33.7 Å². The Balaban J connectivity index is 1.88. The van der Waals surface area contributed by atoms with Crippen LogP contribution >= 0.6 is 11.3 Å². The van der Waals surface area contributed by atoms with Gasteiger partial charge in [0.15, 0.2) is 10.7 Å². The summed E-state index contributed by atoms with van der Waals surface area (Å²) < 4.78 is 3.81. The number of carbonyl (C=O) groups excluding carboxylic acids is 1. The Hall–Kier alpha value is -2.21. The van der Waals surface area contributed by atoms with Crippen molar-refractivity contribution < 1.29 is 4.79 Å². The van der Waals surface area contributed by atoms with E-state index in [1.165, 1.54) is 4.88 Å². The molecule has 3 rings (SSSR count). The fourth-order valence-electron chi connectivity index (χ4n) is 2.28. The van der Waals surface area contributed by atoms with Gasteiger partial charge in [0.1, 0.15) is 0 Å². The molecule has 3 heterocycles. The van der Waals surface area contributed by atoms with E-state index in [4.69, 9.17) is 0 Å². The molecule has 0 atom stereocenters. The number of aromatic nitrogens is 4. The van der Waals surface area contributed by atoms with Gasteiger partial charge < -0.3 is 0 Å². The van der Waals surface area contributed by atoms with Crippen LogP contribution < -0.4 is 0 Å². The molecule has 0 aliphatic carbocycles. The lowest BCUT2D eigenvalue weighted by molar-refractivity contribution is 0.104. The number of thiazole rings is 1. The van der Waals surface area contributed by atoms with E-state index in [2.05, 4.69) is 10.1 Å². The molecule has 0 saturated heterocycles. The molecule has 0 unspecified atom stereocenters. The number of allylic oxidation sites excluding steroid dienone is 1. The molecule has 0 fully saturated rings. The van der Waals surface area contributed by atoms with Crippen LogP contribution in [0.1, 0.15) is 46.5 Å². The van der Waals surface area contributed by atoms with Crippen LogP contribution in [0.2, 0.25) is 0 Å². The molecule has 0 amide bonds. The minimum atomic E-state index is -0.0480. The van der Waals surface area contributed by atoms with Crippen molar-refractivity contribution in [1.82, 2.24) is 19.2 Å². The average molecular weight is 314 g/mol. The van der Waals surface area contributed by atoms with Crippen LogP contribution in [0.25, 0.3) is 11.0 Å². The maximum absolute atomic E-state index is 12.3. The van der Waals surface area contributed by atoms with E-state index in [0.717, 1.165) is 16.3 Å². The van der Waals surface area contributed by atoms with Gasteiger partial charge in [-0.3, -0.25) is 13.9 Å². The number of carbonyl (C=O) groups is 1. The van der Waals surface area contributed by atoms with Gasteiger partial charge in [-0.2, -0.15) is 5.10 Å². The fourth-order valence-corrected chi connectivity index (χ4v) is 3.16. The van der Waals surface area contributed by atoms with E-state index in [1.54, 1.807) is 34.5 Å². The van der Waals surface area contributed by atoms with Crippen molar-refractivity contribution in [1.29, 1.82) is 0 Å². The number of ketones is 1. The van der Waals surface area contributed by atoms with Crippen LogP contribution in [0.4, 0.5) is 0 Å². The summed E-state index contributed by atoms with van der Waals surface area (Å²) in [6.45, 7) is 8.06. The van der Waals surface area contributed by atoms with Crippen LogP contribution in [0.5, 0.6) is 0 Å². The third-order valence-electron chi connectivity index (χ3n) is 3.47. The molecule has 0 bridgehead atoms. The topological polar surface area (TPSA) is 52.2 Å². The minimum Gasteiger partial charge on any atom is -0.290 e. The highest BCUT2D eigenvalue weighted by atomic mass is 32.1. The molecule has 0 aliphatic heterocycles. The minimum absolute atomic E-state index is 0.0480. The lowest BCUT2D eigenvalue weighted by Crippen LogP contribution is -2.00. The average Bonchev–Trinajstić information content (AvgIpc) is 3.11. The number of hydrogen-bond donors (Lipinski definition) is 0. The Morgan fingerprint density at radius 3 is 2.77 bits per heavy atom. The quantitative estimate of drug-likeness (QED) is 0.545. The van der Waals surface area contributed by atoms with Crippen LogP contribution in [0, 0.1) is 13.8 Å². The normalized spacial score (nSPS) is 12.0. The zero-order valence-corrected chi connectivity index (χ0v) is 13.9. The van der Waals surface area contributed by atoms with Gasteiger partial charge in [0.2, 0.25) is 0 Å². The van der Waals surface area contributed by atoms with Gasteiger partial charge >= 0.3 is 0 Å². The zero-order valence-electron chi connectivity index (χ0n) is 13.1. The van der Waals surface area contributed by atoms with E-state index in [9.17, 15) is 4.79 Å². The van der Waals surface area contributed by atoms with Crippen molar-refractivity contribution in [2.75, 3.05) is 0 Å². The molecule has 3 aromatic heterocycles. The third kappa shape index (κ3) is 2.62. The predicted octanol–water partition coefficient (Wildman–Crippen LogP) is 3.69. The zero-order chi connectivity index (χ0) is 15.9. The summed E-state index contributed by atoms with van der Waals surface area (Å²) in [6, 6.07) is 0.246. The third-order valence-corrected chi connectivity index (χ3v) is 4.37. The molecule has 0 radical (unpaired) electrons. The lowest BCUT2D eigenvalue weighted by Gasteiger charge is -2.02. The van der Waals surface area contributed by atoms with Gasteiger partial charge in [-0.25, -0.2) is 4.98 Å². The second-order valence-electron chi connectivity index (χ2n) is 5.58. The molecule has 0 aromatic carbocycles. The van der Waals surface area contributed by atoms with E-state index < -0.39 is 0 Å². The van der Waals surface area contributed by atoms with Gasteiger partial charge in [0.05, 0.1) is 23.1 Å². The van der Waals surface area contributed by atoms with Gasteiger partial charge in [0.25, 0.3) is 0 Å². The molecule has 0 N–H and O–H groups in total. The Kier molecular flexibility index (Phi) is 3.70. The van der Waals surface area contributed by atoms with Gasteiger partial charge in [-0.05, 0) is 39.8 Å². The first-order valence-corrected chi connectivity index (χ1v) is 7.99. The second-order valence-corrected chi connectivity index (χ2v) is 6.79. The first kappa shape index (κ1) is 14.7.